The van der Waals surface area contributed by atoms with E-state index in [0.717, 1.165) is 11.5 Å². The number of unbranched alkanes of at least 4 members (excludes halogenated alkanes) is 5. The first-order chi connectivity index (χ1) is 9.88. The van der Waals surface area contributed by atoms with Crippen molar-refractivity contribution in [2.75, 3.05) is 0 Å². The molecule has 108 valence electrons. The summed E-state index contributed by atoms with van der Waals surface area (Å²) in [5.41, 5.74) is 1.41. The fraction of sp³-hybridized carbons (Fsp3) is 0.444. The number of rotatable bonds is 9. The van der Waals surface area contributed by atoms with E-state index in [9.17, 15) is 0 Å². The maximum absolute atomic E-state index is 5.75. The largest absolute Gasteiger partial charge is 0.457 e. The highest BCUT2D eigenvalue weighted by Gasteiger charge is 1.98. The van der Waals surface area contributed by atoms with Gasteiger partial charge in [0.05, 0.1) is 0 Å². The molecule has 0 aliphatic rings. The standard InChI is InChI=1S/C18H24OS/c1-2-3-4-5-6-7-8-16-9-11-17(12-10-16)19-18-13-14-20-15-18/h9-15H,2-8H2,1H3. The molecule has 1 nitrogen and oxygen atoms in total. The molecule has 0 aliphatic heterocycles. The smallest absolute Gasteiger partial charge is 0.138 e. The van der Waals surface area contributed by atoms with E-state index in [1.54, 1.807) is 11.3 Å². The van der Waals surface area contributed by atoms with Gasteiger partial charge in [-0.05, 0) is 42.0 Å². The Morgan fingerprint density at radius 3 is 2.30 bits per heavy atom. The molecule has 0 saturated carbocycles. The highest BCUT2D eigenvalue weighted by Crippen LogP contribution is 2.24. The summed E-state index contributed by atoms with van der Waals surface area (Å²) < 4.78 is 5.75. The van der Waals surface area contributed by atoms with Crippen LogP contribution < -0.4 is 4.74 Å². The second-order valence-electron chi connectivity index (χ2n) is 5.22. The molecule has 0 fully saturated rings. The third-order valence-electron chi connectivity index (χ3n) is 3.47. The van der Waals surface area contributed by atoms with Crippen molar-refractivity contribution in [3.8, 4) is 11.5 Å². The lowest BCUT2D eigenvalue weighted by Crippen LogP contribution is -1.87. The van der Waals surface area contributed by atoms with Crippen LogP contribution in [-0.4, -0.2) is 0 Å². The van der Waals surface area contributed by atoms with E-state index in [1.165, 1.54) is 50.5 Å². The molecule has 0 amide bonds. The van der Waals surface area contributed by atoms with Crippen LogP contribution in [-0.2, 0) is 6.42 Å². The Bertz CT molecular complexity index is 459. The summed E-state index contributed by atoms with van der Waals surface area (Å²) >= 11 is 1.66. The van der Waals surface area contributed by atoms with Crippen molar-refractivity contribution < 1.29 is 4.74 Å². The fourth-order valence-electron chi connectivity index (χ4n) is 2.28. The maximum Gasteiger partial charge on any atom is 0.138 e. The Hall–Kier alpha value is -1.28. The van der Waals surface area contributed by atoms with Crippen LogP contribution in [0, 0.1) is 0 Å². The lowest BCUT2D eigenvalue weighted by Gasteiger charge is -2.05. The fourth-order valence-corrected chi connectivity index (χ4v) is 2.83. The molecule has 0 aliphatic carbocycles. The summed E-state index contributed by atoms with van der Waals surface area (Å²) in [6.07, 6.45) is 9.32. The summed E-state index contributed by atoms with van der Waals surface area (Å²) in [7, 11) is 0. The summed E-state index contributed by atoms with van der Waals surface area (Å²) in [6, 6.07) is 10.5. The molecule has 0 bridgehead atoms. The van der Waals surface area contributed by atoms with E-state index >= 15 is 0 Å². The van der Waals surface area contributed by atoms with Crippen LogP contribution in [0.1, 0.15) is 51.0 Å². The molecule has 2 rings (SSSR count). The van der Waals surface area contributed by atoms with Crippen molar-refractivity contribution in [1.29, 1.82) is 0 Å². The van der Waals surface area contributed by atoms with Gasteiger partial charge in [-0.3, -0.25) is 0 Å². The normalized spacial score (nSPS) is 10.7. The SMILES string of the molecule is CCCCCCCCc1ccc(Oc2ccsc2)cc1. The minimum absolute atomic E-state index is 0.926. The van der Waals surface area contributed by atoms with Gasteiger partial charge in [0.2, 0.25) is 0 Å². The van der Waals surface area contributed by atoms with E-state index < -0.39 is 0 Å². The van der Waals surface area contributed by atoms with Crippen molar-refractivity contribution >= 4 is 11.3 Å². The average molecular weight is 288 g/mol. The topological polar surface area (TPSA) is 9.23 Å². The van der Waals surface area contributed by atoms with Crippen LogP contribution in [0.15, 0.2) is 41.1 Å². The molecule has 0 saturated heterocycles. The van der Waals surface area contributed by atoms with Gasteiger partial charge in [-0.1, -0.05) is 51.2 Å². The van der Waals surface area contributed by atoms with Crippen LogP contribution in [0.3, 0.4) is 0 Å². The van der Waals surface area contributed by atoms with Gasteiger partial charge >= 0.3 is 0 Å². The summed E-state index contributed by atoms with van der Waals surface area (Å²) in [4.78, 5) is 0. The van der Waals surface area contributed by atoms with Crippen molar-refractivity contribution in [3.63, 3.8) is 0 Å². The van der Waals surface area contributed by atoms with Crippen LogP contribution in [0.25, 0.3) is 0 Å². The lowest BCUT2D eigenvalue weighted by atomic mass is 10.0. The molecule has 1 aromatic heterocycles. The molecule has 2 aromatic rings. The maximum atomic E-state index is 5.75. The molecular weight excluding hydrogens is 264 g/mol. The van der Waals surface area contributed by atoms with Gasteiger partial charge in [-0.2, -0.15) is 0 Å². The molecule has 20 heavy (non-hydrogen) atoms. The Labute approximate surface area is 126 Å². The van der Waals surface area contributed by atoms with Crippen molar-refractivity contribution in [1.82, 2.24) is 0 Å². The van der Waals surface area contributed by atoms with Crippen molar-refractivity contribution in [2.45, 2.75) is 51.9 Å². The minimum Gasteiger partial charge on any atom is -0.457 e. The summed E-state index contributed by atoms with van der Waals surface area (Å²) in [6.45, 7) is 2.26. The van der Waals surface area contributed by atoms with Crippen molar-refractivity contribution in [2.24, 2.45) is 0 Å². The summed E-state index contributed by atoms with van der Waals surface area (Å²) in [5, 5.41) is 4.05. The average Bonchev–Trinajstić information content (AvgIpc) is 2.97. The molecule has 0 unspecified atom stereocenters. The van der Waals surface area contributed by atoms with Crippen LogP contribution in [0.2, 0.25) is 0 Å². The quantitative estimate of drug-likeness (QED) is 0.482. The number of hydrogen-bond acceptors (Lipinski definition) is 2. The molecule has 1 aromatic carbocycles. The predicted molar refractivity (Wildman–Crippen MR) is 87.9 cm³/mol. The van der Waals surface area contributed by atoms with Gasteiger partial charge in [0, 0.05) is 5.38 Å². The van der Waals surface area contributed by atoms with E-state index in [0.29, 0.717) is 0 Å². The van der Waals surface area contributed by atoms with E-state index in [-0.39, 0.29) is 0 Å². The zero-order valence-corrected chi connectivity index (χ0v) is 13.1. The van der Waals surface area contributed by atoms with E-state index in [4.69, 9.17) is 4.74 Å². The number of thiophene rings is 1. The third kappa shape index (κ3) is 5.38. The number of hydrogen-bond donors (Lipinski definition) is 0. The second kappa shape index (κ2) is 8.80. The van der Waals surface area contributed by atoms with Crippen LogP contribution in [0.5, 0.6) is 11.5 Å². The first-order valence-corrected chi connectivity index (χ1v) is 8.62. The molecule has 0 atom stereocenters. The lowest BCUT2D eigenvalue weighted by molar-refractivity contribution is 0.484. The molecule has 0 N–H and O–H groups in total. The van der Waals surface area contributed by atoms with Crippen molar-refractivity contribution in [3.05, 3.63) is 46.7 Å². The Balaban J connectivity index is 1.69. The molecule has 1 heterocycles. The zero-order chi connectivity index (χ0) is 14.0. The number of benzene rings is 1. The third-order valence-corrected chi connectivity index (χ3v) is 4.13. The Morgan fingerprint density at radius 2 is 1.60 bits per heavy atom. The number of aryl methyl sites for hydroxylation is 1. The van der Waals surface area contributed by atoms with E-state index in [2.05, 4.69) is 31.2 Å². The van der Waals surface area contributed by atoms with Gasteiger partial charge < -0.3 is 4.74 Å². The van der Waals surface area contributed by atoms with Crippen LogP contribution in [0.4, 0.5) is 0 Å². The van der Waals surface area contributed by atoms with Gasteiger partial charge in [0.25, 0.3) is 0 Å². The minimum atomic E-state index is 0.926. The van der Waals surface area contributed by atoms with Gasteiger partial charge in [0.15, 0.2) is 0 Å². The predicted octanol–water partition coefficient (Wildman–Crippen LogP) is 6.44. The highest BCUT2D eigenvalue weighted by molar-refractivity contribution is 7.08. The van der Waals surface area contributed by atoms with Crippen LogP contribution >= 0.6 is 11.3 Å². The Kier molecular flexibility index (Phi) is 6.65. The second-order valence-corrected chi connectivity index (χ2v) is 6.00. The van der Waals surface area contributed by atoms with E-state index in [1.807, 2.05) is 16.8 Å². The molecule has 2 heteroatoms. The zero-order valence-electron chi connectivity index (χ0n) is 12.3. The molecular formula is C18H24OS. The van der Waals surface area contributed by atoms with Gasteiger partial charge in [0.1, 0.15) is 11.5 Å². The Morgan fingerprint density at radius 1 is 0.850 bits per heavy atom. The monoisotopic (exact) mass is 288 g/mol. The number of ether oxygens (including phenoxy) is 1. The highest BCUT2D eigenvalue weighted by atomic mass is 32.1. The molecule has 0 radical (unpaired) electrons. The van der Waals surface area contributed by atoms with Gasteiger partial charge in [-0.25, -0.2) is 0 Å². The summed E-state index contributed by atoms with van der Waals surface area (Å²) in [5.74, 6) is 1.86. The van der Waals surface area contributed by atoms with Gasteiger partial charge in [-0.15, -0.1) is 11.3 Å². The molecule has 0 spiro atoms. The first-order valence-electron chi connectivity index (χ1n) is 7.67. The first kappa shape index (κ1) is 15.1.